The third kappa shape index (κ3) is 1.98. The summed E-state index contributed by atoms with van der Waals surface area (Å²) >= 11 is 6.48. The van der Waals surface area contributed by atoms with E-state index in [0.717, 1.165) is 53.2 Å². The van der Waals surface area contributed by atoms with Crippen LogP contribution in [0, 0.1) is 0 Å². The number of nitrogens with zero attached hydrogens (tertiary/aromatic N) is 3. The number of halogens is 1. The minimum absolute atomic E-state index is 0.696. The van der Waals surface area contributed by atoms with E-state index in [1.165, 1.54) is 0 Å². The van der Waals surface area contributed by atoms with E-state index in [4.69, 9.17) is 21.3 Å². The van der Waals surface area contributed by atoms with Crippen LogP contribution < -0.4 is 4.74 Å². The second-order valence-corrected chi connectivity index (χ2v) is 5.57. The lowest BCUT2D eigenvalue weighted by Gasteiger charge is -2.03. The third-order valence-electron chi connectivity index (χ3n) is 3.93. The Hall–Kier alpha value is -2.07. The van der Waals surface area contributed by atoms with Gasteiger partial charge in [0, 0.05) is 22.9 Å². The molecule has 2 heterocycles. The van der Waals surface area contributed by atoms with Crippen molar-refractivity contribution in [3.8, 4) is 17.0 Å². The van der Waals surface area contributed by atoms with Gasteiger partial charge in [0.05, 0.1) is 12.8 Å². The average Bonchev–Trinajstić information content (AvgIpc) is 3.14. The number of methoxy groups -OCH3 is 1. The summed E-state index contributed by atoms with van der Waals surface area (Å²) in [6.45, 7) is 0. The summed E-state index contributed by atoms with van der Waals surface area (Å²) in [5.74, 6) is 0.811. The van der Waals surface area contributed by atoms with Crippen molar-refractivity contribution in [2.75, 3.05) is 7.11 Å². The van der Waals surface area contributed by atoms with Crippen LogP contribution >= 0.6 is 11.6 Å². The number of benzene rings is 1. The van der Waals surface area contributed by atoms with Gasteiger partial charge in [0.15, 0.2) is 5.65 Å². The molecule has 0 bridgehead atoms. The van der Waals surface area contributed by atoms with E-state index in [1.54, 1.807) is 11.6 Å². The molecule has 0 amide bonds. The molecular weight excluding hydrogens is 286 g/mol. The molecule has 4 rings (SSSR count). The number of fused-ring (bicyclic) bond motifs is 2. The highest BCUT2D eigenvalue weighted by Crippen LogP contribution is 2.30. The second kappa shape index (κ2) is 4.74. The van der Waals surface area contributed by atoms with Gasteiger partial charge in [0.2, 0.25) is 0 Å². The topological polar surface area (TPSA) is 39.4 Å². The number of ether oxygens (including phenoxy) is 1. The van der Waals surface area contributed by atoms with Crippen LogP contribution in [0.4, 0.5) is 0 Å². The highest BCUT2D eigenvalue weighted by atomic mass is 35.5. The van der Waals surface area contributed by atoms with Gasteiger partial charge in [0.1, 0.15) is 10.9 Å². The van der Waals surface area contributed by atoms with Crippen molar-refractivity contribution in [2.24, 2.45) is 0 Å². The predicted octanol–water partition coefficient (Wildman–Crippen LogP) is 3.55. The van der Waals surface area contributed by atoms with Crippen LogP contribution in [-0.4, -0.2) is 21.7 Å². The van der Waals surface area contributed by atoms with E-state index in [0.29, 0.717) is 5.15 Å². The zero-order valence-electron chi connectivity index (χ0n) is 11.6. The third-order valence-corrected chi connectivity index (χ3v) is 4.32. The van der Waals surface area contributed by atoms with Crippen LogP contribution in [0.2, 0.25) is 5.15 Å². The first-order valence-electron chi connectivity index (χ1n) is 6.98. The smallest absolute Gasteiger partial charge is 0.157 e. The van der Waals surface area contributed by atoms with Gasteiger partial charge < -0.3 is 4.74 Å². The molecule has 2 aromatic heterocycles. The molecule has 21 heavy (non-hydrogen) atoms. The molecule has 0 aliphatic heterocycles. The van der Waals surface area contributed by atoms with Crippen molar-refractivity contribution in [1.29, 1.82) is 0 Å². The van der Waals surface area contributed by atoms with Crippen molar-refractivity contribution in [1.82, 2.24) is 14.6 Å². The Morgan fingerprint density at radius 1 is 1.24 bits per heavy atom. The van der Waals surface area contributed by atoms with E-state index >= 15 is 0 Å². The summed E-state index contributed by atoms with van der Waals surface area (Å²) in [5.41, 5.74) is 4.91. The summed E-state index contributed by atoms with van der Waals surface area (Å²) in [5, 5.41) is 5.30. The number of hydrogen-bond acceptors (Lipinski definition) is 3. The largest absolute Gasteiger partial charge is 0.497 e. The molecule has 1 aromatic carbocycles. The van der Waals surface area contributed by atoms with Crippen LogP contribution in [0.25, 0.3) is 16.9 Å². The molecule has 3 aromatic rings. The first-order valence-corrected chi connectivity index (χ1v) is 7.35. The predicted molar refractivity (Wildman–Crippen MR) is 82.0 cm³/mol. The fourth-order valence-corrected chi connectivity index (χ4v) is 3.19. The number of hydrogen-bond donors (Lipinski definition) is 0. The molecule has 0 N–H and O–H groups in total. The lowest BCUT2D eigenvalue weighted by molar-refractivity contribution is 0.415. The van der Waals surface area contributed by atoms with Crippen LogP contribution in [0.15, 0.2) is 30.3 Å². The molecule has 5 heteroatoms. The standard InChI is InChI=1S/C16H14ClN3O/c1-21-11-5-2-4-10(8-11)14-9-15-18-13-7-3-6-12(13)16(17)20(15)19-14/h2,4-5,8-9H,3,6-7H2,1H3. The van der Waals surface area contributed by atoms with Gasteiger partial charge in [-0.15, -0.1) is 0 Å². The minimum atomic E-state index is 0.696. The number of aromatic nitrogens is 3. The monoisotopic (exact) mass is 299 g/mol. The zero-order chi connectivity index (χ0) is 14.4. The van der Waals surface area contributed by atoms with Gasteiger partial charge in [-0.3, -0.25) is 0 Å². The molecule has 1 aliphatic carbocycles. The molecule has 0 fully saturated rings. The van der Waals surface area contributed by atoms with Gasteiger partial charge in [-0.2, -0.15) is 5.10 Å². The normalized spacial score (nSPS) is 13.6. The van der Waals surface area contributed by atoms with E-state index in [2.05, 4.69) is 5.10 Å². The van der Waals surface area contributed by atoms with Gasteiger partial charge in [0.25, 0.3) is 0 Å². The van der Waals surface area contributed by atoms with Crippen molar-refractivity contribution in [2.45, 2.75) is 19.3 Å². The summed E-state index contributed by atoms with van der Waals surface area (Å²) in [6.07, 6.45) is 3.12. The summed E-state index contributed by atoms with van der Waals surface area (Å²) in [6, 6.07) is 9.81. The van der Waals surface area contributed by atoms with Crippen molar-refractivity contribution < 1.29 is 4.74 Å². The Morgan fingerprint density at radius 3 is 3.00 bits per heavy atom. The average molecular weight is 300 g/mol. The maximum absolute atomic E-state index is 6.48. The van der Waals surface area contributed by atoms with Crippen molar-refractivity contribution in [3.63, 3.8) is 0 Å². The molecule has 0 atom stereocenters. The molecule has 4 nitrogen and oxygen atoms in total. The molecular formula is C16H14ClN3O. The van der Waals surface area contributed by atoms with Crippen LogP contribution in [0.1, 0.15) is 17.7 Å². The number of rotatable bonds is 2. The second-order valence-electron chi connectivity index (χ2n) is 5.21. The lowest BCUT2D eigenvalue weighted by atomic mass is 10.1. The minimum Gasteiger partial charge on any atom is -0.497 e. The summed E-state index contributed by atoms with van der Waals surface area (Å²) in [4.78, 5) is 4.69. The highest BCUT2D eigenvalue weighted by molar-refractivity contribution is 6.30. The Labute approximate surface area is 127 Å². The molecule has 0 unspecified atom stereocenters. The molecule has 106 valence electrons. The van der Waals surface area contributed by atoms with E-state index in [9.17, 15) is 0 Å². The Kier molecular flexibility index (Phi) is 2.86. The Morgan fingerprint density at radius 2 is 2.14 bits per heavy atom. The fourth-order valence-electron chi connectivity index (χ4n) is 2.86. The van der Waals surface area contributed by atoms with Gasteiger partial charge in [-0.05, 0) is 31.4 Å². The van der Waals surface area contributed by atoms with Gasteiger partial charge in [-0.1, -0.05) is 23.7 Å². The quantitative estimate of drug-likeness (QED) is 0.679. The molecule has 0 saturated carbocycles. The molecule has 0 saturated heterocycles. The van der Waals surface area contributed by atoms with Gasteiger partial charge >= 0.3 is 0 Å². The van der Waals surface area contributed by atoms with Gasteiger partial charge in [-0.25, -0.2) is 9.50 Å². The zero-order valence-corrected chi connectivity index (χ0v) is 12.4. The maximum Gasteiger partial charge on any atom is 0.157 e. The Balaban J connectivity index is 1.89. The van der Waals surface area contributed by atoms with Crippen LogP contribution in [0.5, 0.6) is 5.75 Å². The maximum atomic E-state index is 6.48. The molecule has 0 radical (unpaired) electrons. The Bertz CT molecular complexity index is 841. The van der Waals surface area contributed by atoms with E-state index in [-0.39, 0.29) is 0 Å². The van der Waals surface area contributed by atoms with Crippen LogP contribution in [0.3, 0.4) is 0 Å². The first-order chi connectivity index (χ1) is 10.3. The lowest BCUT2D eigenvalue weighted by Crippen LogP contribution is -1.99. The summed E-state index contributed by atoms with van der Waals surface area (Å²) < 4.78 is 7.00. The fraction of sp³-hybridized carbons (Fsp3) is 0.250. The molecule has 1 aliphatic rings. The highest BCUT2D eigenvalue weighted by Gasteiger charge is 2.20. The SMILES string of the molecule is COc1cccc(-c2cc3nc4c(c(Cl)n3n2)CCC4)c1. The van der Waals surface area contributed by atoms with Crippen molar-refractivity contribution in [3.05, 3.63) is 46.7 Å². The van der Waals surface area contributed by atoms with Crippen molar-refractivity contribution >= 4 is 17.2 Å². The van der Waals surface area contributed by atoms with Crippen LogP contribution in [-0.2, 0) is 12.8 Å². The first kappa shape index (κ1) is 12.7. The summed E-state index contributed by atoms with van der Waals surface area (Å²) in [7, 11) is 1.66. The molecule has 0 spiro atoms. The number of aryl methyl sites for hydroxylation is 1. The van der Waals surface area contributed by atoms with E-state index < -0.39 is 0 Å². The van der Waals surface area contributed by atoms with E-state index in [1.807, 2.05) is 30.3 Å².